The van der Waals surface area contributed by atoms with Gasteiger partial charge in [0.05, 0.1) is 4.90 Å². The standard InChI is InChI=1S/C16H23N3O3S/c1-12(20)19-9-7-13-5-6-15(10-16(13)19)23(21,22)18-14-4-2-3-8-17-11-14/h5-6,10,14,17-18H,2-4,7-9,11H2,1H3. The minimum atomic E-state index is -3.57. The van der Waals surface area contributed by atoms with Gasteiger partial charge in [0, 0.05) is 31.7 Å². The van der Waals surface area contributed by atoms with Crippen LogP contribution in [0.2, 0.25) is 0 Å². The van der Waals surface area contributed by atoms with Crippen molar-refractivity contribution in [1.82, 2.24) is 10.0 Å². The van der Waals surface area contributed by atoms with Crippen molar-refractivity contribution in [2.24, 2.45) is 0 Å². The van der Waals surface area contributed by atoms with Gasteiger partial charge in [-0.3, -0.25) is 4.79 Å². The lowest BCUT2D eigenvalue weighted by Gasteiger charge is -2.18. The number of benzene rings is 1. The van der Waals surface area contributed by atoms with Gasteiger partial charge in [0.15, 0.2) is 0 Å². The monoisotopic (exact) mass is 337 g/mol. The molecule has 0 bridgehead atoms. The maximum Gasteiger partial charge on any atom is 0.240 e. The molecule has 0 aliphatic carbocycles. The van der Waals surface area contributed by atoms with Crippen LogP contribution in [0.3, 0.4) is 0 Å². The fraction of sp³-hybridized carbons (Fsp3) is 0.562. The molecule has 1 unspecified atom stereocenters. The fourth-order valence-corrected chi connectivity index (χ4v) is 4.55. The molecular weight excluding hydrogens is 314 g/mol. The van der Waals surface area contributed by atoms with E-state index >= 15 is 0 Å². The Morgan fingerprint density at radius 2 is 2.17 bits per heavy atom. The summed E-state index contributed by atoms with van der Waals surface area (Å²) < 4.78 is 28.1. The first kappa shape index (κ1) is 16.4. The summed E-state index contributed by atoms with van der Waals surface area (Å²) >= 11 is 0. The molecule has 1 aromatic rings. The van der Waals surface area contributed by atoms with Crippen LogP contribution in [0.5, 0.6) is 0 Å². The molecule has 0 saturated carbocycles. The zero-order valence-corrected chi connectivity index (χ0v) is 14.2. The van der Waals surface area contributed by atoms with Gasteiger partial charge in [0.25, 0.3) is 0 Å². The van der Waals surface area contributed by atoms with Crippen LogP contribution < -0.4 is 14.9 Å². The highest BCUT2D eigenvalue weighted by molar-refractivity contribution is 7.89. The first-order valence-electron chi connectivity index (χ1n) is 8.11. The third-order valence-corrected chi connectivity index (χ3v) is 6.03. The Balaban J connectivity index is 1.83. The molecular formula is C16H23N3O3S. The Morgan fingerprint density at radius 3 is 2.96 bits per heavy atom. The summed E-state index contributed by atoms with van der Waals surface area (Å²) in [6.07, 6.45) is 3.71. The van der Waals surface area contributed by atoms with E-state index in [4.69, 9.17) is 0 Å². The van der Waals surface area contributed by atoms with Crippen LogP contribution in [-0.4, -0.2) is 40.0 Å². The number of nitrogens with one attached hydrogen (secondary N) is 2. The minimum Gasteiger partial charge on any atom is -0.315 e. The predicted molar refractivity (Wildman–Crippen MR) is 89.0 cm³/mol. The Kier molecular flexibility index (Phi) is 4.70. The maximum absolute atomic E-state index is 12.6. The largest absolute Gasteiger partial charge is 0.315 e. The number of anilines is 1. The average molecular weight is 337 g/mol. The molecule has 126 valence electrons. The van der Waals surface area contributed by atoms with Gasteiger partial charge in [-0.15, -0.1) is 0 Å². The molecule has 6 nitrogen and oxygen atoms in total. The van der Waals surface area contributed by atoms with Crippen molar-refractivity contribution in [2.75, 3.05) is 24.5 Å². The number of sulfonamides is 1. The molecule has 7 heteroatoms. The second-order valence-electron chi connectivity index (χ2n) is 6.23. The van der Waals surface area contributed by atoms with Crippen molar-refractivity contribution >= 4 is 21.6 Å². The molecule has 0 aromatic heterocycles. The zero-order chi connectivity index (χ0) is 16.4. The van der Waals surface area contributed by atoms with Gasteiger partial charge in [0.1, 0.15) is 0 Å². The van der Waals surface area contributed by atoms with Crippen molar-refractivity contribution in [2.45, 2.75) is 43.5 Å². The highest BCUT2D eigenvalue weighted by Crippen LogP contribution is 2.30. The summed E-state index contributed by atoms with van der Waals surface area (Å²) in [5.41, 5.74) is 1.75. The fourth-order valence-electron chi connectivity index (χ4n) is 3.26. The van der Waals surface area contributed by atoms with Gasteiger partial charge in [-0.05, 0) is 43.5 Å². The zero-order valence-electron chi connectivity index (χ0n) is 13.3. The van der Waals surface area contributed by atoms with Gasteiger partial charge in [-0.25, -0.2) is 13.1 Å². The van der Waals surface area contributed by atoms with E-state index in [1.807, 2.05) is 6.07 Å². The average Bonchev–Trinajstić information content (AvgIpc) is 2.77. The summed E-state index contributed by atoms with van der Waals surface area (Å²) in [6.45, 7) is 3.72. The van der Waals surface area contributed by atoms with E-state index in [1.165, 1.54) is 6.92 Å². The third kappa shape index (κ3) is 3.57. The second kappa shape index (κ2) is 6.59. The predicted octanol–water partition coefficient (Wildman–Crippen LogP) is 1.02. The molecule has 2 N–H and O–H groups in total. The molecule has 1 amide bonds. The maximum atomic E-state index is 12.6. The normalized spacial score (nSPS) is 21.8. The van der Waals surface area contributed by atoms with E-state index < -0.39 is 10.0 Å². The molecule has 3 rings (SSSR count). The molecule has 2 aliphatic rings. The molecule has 1 fully saturated rings. The van der Waals surface area contributed by atoms with Crippen LogP contribution in [-0.2, 0) is 21.2 Å². The molecule has 1 atom stereocenters. The smallest absolute Gasteiger partial charge is 0.240 e. The van der Waals surface area contributed by atoms with E-state index in [0.717, 1.165) is 43.5 Å². The molecule has 0 spiro atoms. The molecule has 2 aliphatic heterocycles. The van der Waals surface area contributed by atoms with Crippen molar-refractivity contribution in [3.63, 3.8) is 0 Å². The number of amides is 1. The van der Waals surface area contributed by atoms with E-state index in [-0.39, 0.29) is 16.8 Å². The number of rotatable bonds is 3. The number of hydrogen-bond donors (Lipinski definition) is 2. The van der Waals surface area contributed by atoms with E-state index in [2.05, 4.69) is 10.0 Å². The SMILES string of the molecule is CC(=O)N1CCc2ccc(S(=O)(=O)NC3CCCCNC3)cc21. The number of nitrogens with zero attached hydrogens (tertiary/aromatic N) is 1. The van der Waals surface area contributed by atoms with Gasteiger partial charge < -0.3 is 10.2 Å². The Hall–Kier alpha value is -1.44. The van der Waals surface area contributed by atoms with E-state index in [0.29, 0.717) is 13.1 Å². The van der Waals surface area contributed by atoms with Crippen LogP contribution in [0.1, 0.15) is 31.7 Å². The molecule has 1 aromatic carbocycles. The molecule has 0 radical (unpaired) electrons. The quantitative estimate of drug-likeness (QED) is 0.863. The van der Waals surface area contributed by atoms with E-state index in [1.54, 1.807) is 17.0 Å². The van der Waals surface area contributed by atoms with Crippen LogP contribution in [0.25, 0.3) is 0 Å². The third-order valence-electron chi connectivity index (χ3n) is 4.51. The Bertz CT molecular complexity index is 695. The Labute approximate surface area is 137 Å². The highest BCUT2D eigenvalue weighted by atomic mass is 32.2. The van der Waals surface area contributed by atoms with Crippen molar-refractivity contribution < 1.29 is 13.2 Å². The lowest BCUT2D eigenvalue weighted by atomic mass is 10.2. The first-order valence-corrected chi connectivity index (χ1v) is 9.60. The van der Waals surface area contributed by atoms with Gasteiger partial charge in [-0.1, -0.05) is 12.5 Å². The number of carbonyl (C=O) groups excluding carboxylic acids is 1. The topological polar surface area (TPSA) is 78.5 Å². The van der Waals surface area contributed by atoms with Crippen molar-refractivity contribution in [1.29, 1.82) is 0 Å². The lowest BCUT2D eigenvalue weighted by molar-refractivity contribution is -0.116. The van der Waals surface area contributed by atoms with Crippen molar-refractivity contribution in [3.05, 3.63) is 23.8 Å². The van der Waals surface area contributed by atoms with Crippen LogP contribution >= 0.6 is 0 Å². The van der Waals surface area contributed by atoms with E-state index in [9.17, 15) is 13.2 Å². The highest BCUT2D eigenvalue weighted by Gasteiger charge is 2.26. The summed E-state index contributed by atoms with van der Waals surface area (Å²) in [7, 11) is -3.57. The minimum absolute atomic E-state index is 0.0563. The van der Waals surface area contributed by atoms with Gasteiger partial charge in [-0.2, -0.15) is 0 Å². The number of hydrogen-bond acceptors (Lipinski definition) is 4. The summed E-state index contributed by atoms with van der Waals surface area (Å²) in [6, 6.07) is 4.99. The number of fused-ring (bicyclic) bond motifs is 1. The van der Waals surface area contributed by atoms with Crippen molar-refractivity contribution in [3.8, 4) is 0 Å². The molecule has 2 heterocycles. The van der Waals surface area contributed by atoms with Gasteiger partial charge >= 0.3 is 0 Å². The lowest BCUT2D eigenvalue weighted by Crippen LogP contribution is -2.40. The first-order chi connectivity index (χ1) is 11.0. The van der Waals surface area contributed by atoms with Crippen LogP contribution in [0.4, 0.5) is 5.69 Å². The summed E-state index contributed by atoms with van der Waals surface area (Å²) in [5.74, 6) is -0.0563. The Morgan fingerprint density at radius 1 is 1.35 bits per heavy atom. The molecule has 23 heavy (non-hydrogen) atoms. The van der Waals surface area contributed by atoms with Crippen LogP contribution in [0.15, 0.2) is 23.1 Å². The molecule has 1 saturated heterocycles. The second-order valence-corrected chi connectivity index (χ2v) is 7.94. The van der Waals surface area contributed by atoms with Gasteiger partial charge in [0.2, 0.25) is 15.9 Å². The summed E-state index contributed by atoms with van der Waals surface area (Å²) in [5, 5.41) is 3.26. The number of carbonyl (C=O) groups is 1. The summed E-state index contributed by atoms with van der Waals surface area (Å²) in [4.78, 5) is 13.5. The van der Waals surface area contributed by atoms with Crippen LogP contribution in [0, 0.1) is 0 Å².